The summed E-state index contributed by atoms with van der Waals surface area (Å²) in [6, 6.07) is 14.0. The van der Waals surface area contributed by atoms with E-state index in [0.717, 1.165) is 5.56 Å². The van der Waals surface area contributed by atoms with E-state index in [2.05, 4.69) is 10.1 Å². The van der Waals surface area contributed by atoms with Crippen LogP contribution in [0.15, 0.2) is 53.1 Å². The standard InChI is InChI=1S/C16H12N4O3/c17-13-8-7-12(10-14(13)20(21)22)16-18-15(23-19-16)9-6-11-4-2-1-3-5-11/h1-10H,17H2/b9-6+. The molecular formula is C16H12N4O3. The lowest BCUT2D eigenvalue weighted by Gasteiger charge is -1.98. The summed E-state index contributed by atoms with van der Waals surface area (Å²) in [7, 11) is 0. The van der Waals surface area contributed by atoms with Gasteiger partial charge in [-0.3, -0.25) is 10.1 Å². The van der Waals surface area contributed by atoms with E-state index in [4.69, 9.17) is 10.3 Å². The van der Waals surface area contributed by atoms with Gasteiger partial charge in [0.15, 0.2) is 0 Å². The Balaban J connectivity index is 1.86. The van der Waals surface area contributed by atoms with Gasteiger partial charge in [0.1, 0.15) is 5.69 Å². The molecule has 0 fully saturated rings. The van der Waals surface area contributed by atoms with Crippen LogP contribution in [0.2, 0.25) is 0 Å². The molecule has 0 unspecified atom stereocenters. The number of nitrogens with two attached hydrogens (primary N) is 1. The van der Waals surface area contributed by atoms with Gasteiger partial charge >= 0.3 is 0 Å². The molecule has 3 aromatic rings. The van der Waals surface area contributed by atoms with Crippen molar-refractivity contribution in [2.45, 2.75) is 0 Å². The topological polar surface area (TPSA) is 108 Å². The molecule has 0 aliphatic rings. The van der Waals surface area contributed by atoms with Crippen LogP contribution in [0.3, 0.4) is 0 Å². The lowest BCUT2D eigenvalue weighted by molar-refractivity contribution is -0.383. The molecule has 0 atom stereocenters. The van der Waals surface area contributed by atoms with Gasteiger partial charge in [0.2, 0.25) is 5.82 Å². The average molecular weight is 308 g/mol. The maximum atomic E-state index is 10.9. The third-order valence-corrected chi connectivity index (χ3v) is 3.15. The number of nitro benzene ring substituents is 1. The van der Waals surface area contributed by atoms with Gasteiger partial charge < -0.3 is 10.3 Å². The van der Waals surface area contributed by atoms with E-state index in [-0.39, 0.29) is 17.2 Å². The second kappa shape index (κ2) is 6.10. The first-order valence-electron chi connectivity index (χ1n) is 6.74. The van der Waals surface area contributed by atoms with Crippen LogP contribution >= 0.6 is 0 Å². The summed E-state index contributed by atoms with van der Waals surface area (Å²) >= 11 is 0. The molecule has 0 aliphatic carbocycles. The average Bonchev–Trinajstić information content (AvgIpc) is 3.03. The van der Waals surface area contributed by atoms with E-state index in [1.165, 1.54) is 12.1 Å². The first-order chi connectivity index (χ1) is 11.1. The van der Waals surface area contributed by atoms with Crippen molar-refractivity contribution in [1.82, 2.24) is 10.1 Å². The molecule has 0 aliphatic heterocycles. The first kappa shape index (κ1) is 14.5. The van der Waals surface area contributed by atoms with Gasteiger partial charge in [0.05, 0.1) is 4.92 Å². The molecule has 0 saturated heterocycles. The Hall–Kier alpha value is -3.48. The van der Waals surface area contributed by atoms with Crippen molar-refractivity contribution in [2.75, 3.05) is 5.73 Å². The second-order valence-electron chi connectivity index (χ2n) is 4.73. The molecule has 23 heavy (non-hydrogen) atoms. The molecule has 0 bridgehead atoms. The highest BCUT2D eigenvalue weighted by atomic mass is 16.6. The number of aromatic nitrogens is 2. The molecule has 0 spiro atoms. The number of nitrogens with zero attached hydrogens (tertiary/aromatic N) is 3. The minimum absolute atomic E-state index is 0.0893. The van der Waals surface area contributed by atoms with Crippen LogP contribution in [0.25, 0.3) is 23.5 Å². The van der Waals surface area contributed by atoms with Crippen LogP contribution in [0.4, 0.5) is 11.4 Å². The van der Waals surface area contributed by atoms with Gasteiger partial charge in [-0.1, -0.05) is 35.5 Å². The fraction of sp³-hybridized carbons (Fsp3) is 0. The Morgan fingerprint density at radius 1 is 1.13 bits per heavy atom. The van der Waals surface area contributed by atoms with Crippen molar-refractivity contribution in [2.24, 2.45) is 0 Å². The van der Waals surface area contributed by atoms with Crippen LogP contribution in [0.1, 0.15) is 11.5 Å². The Bertz CT molecular complexity index is 872. The van der Waals surface area contributed by atoms with E-state index in [1.54, 1.807) is 12.1 Å². The van der Waals surface area contributed by atoms with Gasteiger partial charge in [-0.05, 0) is 23.8 Å². The fourth-order valence-corrected chi connectivity index (χ4v) is 1.99. The Morgan fingerprint density at radius 2 is 1.91 bits per heavy atom. The summed E-state index contributed by atoms with van der Waals surface area (Å²) in [6.45, 7) is 0. The molecule has 114 valence electrons. The van der Waals surface area contributed by atoms with Crippen LogP contribution in [-0.4, -0.2) is 15.1 Å². The van der Waals surface area contributed by atoms with Gasteiger partial charge in [0.25, 0.3) is 11.6 Å². The quantitative estimate of drug-likeness (QED) is 0.449. The van der Waals surface area contributed by atoms with Crippen LogP contribution < -0.4 is 5.73 Å². The van der Waals surface area contributed by atoms with Gasteiger partial charge in [-0.2, -0.15) is 4.98 Å². The third kappa shape index (κ3) is 3.24. The van der Waals surface area contributed by atoms with E-state index < -0.39 is 4.92 Å². The van der Waals surface area contributed by atoms with Gasteiger partial charge in [0, 0.05) is 17.7 Å². The van der Waals surface area contributed by atoms with E-state index in [0.29, 0.717) is 11.5 Å². The highest BCUT2D eigenvalue weighted by molar-refractivity contribution is 5.70. The number of hydrogen-bond acceptors (Lipinski definition) is 6. The minimum atomic E-state index is -0.546. The molecule has 0 radical (unpaired) electrons. The normalized spacial score (nSPS) is 11.0. The maximum absolute atomic E-state index is 10.9. The minimum Gasteiger partial charge on any atom is -0.393 e. The summed E-state index contributed by atoms with van der Waals surface area (Å²) in [4.78, 5) is 14.6. The monoisotopic (exact) mass is 308 g/mol. The summed E-state index contributed by atoms with van der Waals surface area (Å²) in [5, 5.41) is 14.7. The largest absolute Gasteiger partial charge is 0.393 e. The summed E-state index contributed by atoms with van der Waals surface area (Å²) in [5.41, 5.74) is 6.93. The molecule has 2 aromatic carbocycles. The summed E-state index contributed by atoms with van der Waals surface area (Å²) < 4.78 is 5.12. The van der Waals surface area contributed by atoms with E-state index in [1.807, 2.05) is 36.4 Å². The Morgan fingerprint density at radius 3 is 2.65 bits per heavy atom. The predicted molar refractivity (Wildman–Crippen MR) is 86.2 cm³/mol. The van der Waals surface area contributed by atoms with Crippen LogP contribution in [-0.2, 0) is 0 Å². The number of nitro groups is 1. The molecule has 2 N–H and O–H groups in total. The van der Waals surface area contributed by atoms with E-state index >= 15 is 0 Å². The molecular weight excluding hydrogens is 296 g/mol. The highest BCUT2D eigenvalue weighted by Gasteiger charge is 2.15. The van der Waals surface area contributed by atoms with Crippen molar-refractivity contribution >= 4 is 23.5 Å². The first-order valence-corrected chi connectivity index (χ1v) is 6.74. The maximum Gasteiger partial charge on any atom is 0.292 e. The van der Waals surface area contributed by atoms with Crippen LogP contribution in [0.5, 0.6) is 0 Å². The Kier molecular flexibility index (Phi) is 3.84. The fourth-order valence-electron chi connectivity index (χ4n) is 1.99. The van der Waals surface area contributed by atoms with Crippen molar-refractivity contribution < 1.29 is 9.45 Å². The zero-order valence-electron chi connectivity index (χ0n) is 11.9. The highest BCUT2D eigenvalue weighted by Crippen LogP contribution is 2.27. The Labute approximate surface area is 131 Å². The predicted octanol–water partition coefficient (Wildman–Crippen LogP) is 3.40. The zero-order chi connectivity index (χ0) is 16.2. The summed E-state index contributed by atoms with van der Waals surface area (Å²) in [6.07, 6.45) is 3.51. The third-order valence-electron chi connectivity index (χ3n) is 3.15. The molecule has 0 amide bonds. The smallest absolute Gasteiger partial charge is 0.292 e. The van der Waals surface area contributed by atoms with Crippen LogP contribution in [0, 0.1) is 10.1 Å². The van der Waals surface area contributed by atoms with Crippen molar-refractivity contribution in [3.8, 4) is 11.4 Å². The lowest BCUT2D eigenvalue weighted by Crippen LogP contribution is -1.96. The molecule has 3 rings (SSSR count). The van der Waals surface area contributed by atoms with Crippen molar-refractivity contribution in [3.05, 3.63) is 70.1 Å². The number of anilines is 1. The van der Waals surface area contributed by atoms with Crippen molar-refractivity contribution in [3.63, 3.8) is 0 Å². The molecule has 1 heterocycles. The van der Waals surface area contributed by atoms with Gasteiger partial charge in [-0.15, -0.1) is 0 Å². The number of rotatable bonds is 4. The lowest BCUT2D eigenvalue weighted by atomic mass is 10.1. The van der Waals surface area contributed by atoms with E-state index in [9.17, 15) is 10.1 Å². The number of benzene rings is 2. The SMILES string of the molecule is Nc1ccc(-c2noc(/C=C/c3ccccc3)n2)cc1[N+](=O)[O-]. The molecule has 7 heteroatoms. The van der Waals surface area contributed by atoms with Gasteiger partial charge in [-0.25, -0.2) is 0 Å². The molecule has 1 aromatic heterocycles. The number of hydrogen-bond donors (Lipinski definition) is 1. The molecule has 0 saturated carbocycles. The molecule has 7 nitrogen and oxygen atoms in total. The summed E-state index contributed by atoms with van der Waals surface area (Å²) in [5.74, 6) is 0.573. The zero-order valence-corrected chi connectivity index (χ0v) is 11.9. The van der Waals surface area contributed by atoms with Crippen molar-refractivity contribution in [1.29, 1.82) is 0 Å². The number of nitrogen functional groups attached to an aromatic ring is 1. The second-order valence-corrected chi connectivity index (χ2v) is 4.73.